The van der Waals surface area contributed by atoms with Crippen molar-refractivity contribution < 1.29 is 0 Å². The monoisotopic (exact) mass is 698 g/mol. The molecule has 0 N–H and O–H groups in total. The number of hydrogen-bond acceptors (Lipinski definition) is 2. The molecule has 0 aliphatic heterocycles. The number of hydrogen-bond donors (Lipinski definition) is 0. The molecule has 0 amide bonds. The highest BCUT2D eigenvalue weighted by molar-refractivity contribution is 6.19. The van der Waals surface area contributed by atoms with Gasteiger partial charge in [0.2, 0.25) is 0 Å². The normalized spacial score (nSPS) is 12.9. The van der Waals surface area contributed by atoms with Crippen molar-refractivity contribution in [2.45, 2.75) is 5.41 Å². The molecule has 0 saturated heterocycles. The second-order valence-corrected chi connectivity index (χ2v) is 14.4. The Bertz CT molecular complexity index is 3040. The van der Waals surface area contributed by atoms with E-state index in [1.807, 2.05) is 0 Å². The molecule has 256 valence electrons. The smallest absolute Gasteiger partial charge is 0.161 e. The third-order valence-corrected chi connectivity index (χ3v) is 11.5. The fourth-order valence-electron chi connectivity index (χ4n) is 9.23. The van der Waals surface area contributed by atoms with Crippen LogP contribution in [0.5, 0.6) is 0 Å². The van der Waals surface area contributed by atoms with Crippen molar-refractivity contribution in [2.75, 3.05) is 0 Å². The molecule has 55 heavy (non-hydrogen) atoms. The molecular formula is C53H34N2. The van der Waals surface area contributed by atoms with Gasteiger partial charge in [0.05, 0.1) is 16.8 Å². The molecule has 1 aliphatic carbocycles. The van der Waals surface area contributed by atoms with Gasteiger partial charge in [-0.15, -0.1) is 0 Å². The van der Waals surface area contributed by atoms with E-state index in [0.29, 0.717) is 5.82 Å². The van der Waals surface area contributed by atoms with Crippen LogP contribution < -0.4 is 0 Å². The lowest BCUT2D eigenvalue weighted by molar-refractivity contribution is 0.770. The van der Waals surface area contributed by atoms with E-state index >= 15 is 0 Å². The fraction of sp³-hybridized carbons (Fsp3) is 0.0189. The Morgan fingerprint density at radius 1 is 0.345 bits per heavy atom. The molecule has 11 rings (SSSR count). The third kappa shape index (κ3) is 4.75. The van der Waals surface area contributed by atoms with Gasteiger partial charge in [0, 0.05) is 16.7 Å². The summed E-state index contributed by atoms with van der Waals surface area (Å²) in [6, 6.07) is 74.5. The Morgan fingerprint density at radius 3 is 1.69 bits per heavy atom. The third-order valence-electron chi connectivity index (χ3n) is 11.5. The van der Waals surface area contributed by atoms with E-state index in [2.05, 4.69) is 206 Å². The molecule has 0 bridgehead atoms. The van der Waals surface area contributed by atoms with Crippen molar-refractivity contribution in [2.24, 2.45) is 0 Å². The van der Waals surface area contributed by atoms with Crippen LogP contribution in [0.3, 0.4) is 0 Å². The van der Waals surface area contributed by atoms with E-state index < -0.39 is 5.41 Å². The van der Waals surface area contributed by atoms with Crippen molar-refractivity contribution in [3.05, 3.63) is 229 Å². The molecule has 9 aromatic carbocycles. The predicted molar refractivity (Wildman–Crippen MR) is 228 cm³/mol. The van der Waals surface area contributed by atoms with E-state index in [1.54, 1.807) is 0 Å². The number of rotatable bonds is 5. The standard InChI is InChI=1S/C53H34N2/c1-4-18-36(19-5-1)48-34-49(55-52(54-48)50-41-26-13-11-20-37(41)33-46-40-25-12-10-17-35(40)31-32-43(46)50)45-29-16-28-44-42-27-14-15-30-47(42)53(51(44)45,38-21-6-2-7-22-38)39-23-8-3-9-24-39/h1-34H. The molecule has 0 atom stereocenters. The van der Waals surface area contributed by atoms with Gasteiger partial charge in [0.15, 0.2) is 5.82 Å². The SMILES string of the molecule is c1ccc(-c2cc(-c3cccc4c3C(c3ccccc3)(c3ccccc3)c3ccccc3-4)nc(-c3c4ccccc4cc4c3ccc3ccccc34)n2)cc1. The highest BCUT2D eigenvalue weighted by Gasteiger charge is 2.47. The molecule has 0 unspecified atom stereocenters. The van der Waals surface area contributed by atoms with E-state index in [1.165, 1.54) is 54.9 Å². The van der Waals surface area contributed by atoms with Crippen LogP contribution in [0.1, 0.15) is 22.3 Å². The Balaban J connectivity index is 1.27. The summed E-state index contributed by atoms with van der Waals surface area (Å²) in [5.74, 6) is 0.714. The van der Waals surface area contributed by atoms with Gasteiger partial charge < -0.3 is 0 Å². The second kappa shape index (κ2) is 12.5. The Labute approximate surface area is 320 Å². The predicted octanol–water partition coefficient (Wildman–Crippen LogP) is 13.3. The van der Waals surface area contributed by atoms with Crippen LogP contribution in [0.4, 0.5) is 0 Å². The van der Waals surface area contributed by atoms with Crippen molar-refractivity contribution in [3.8, 4) is 45.0 Å². The minimum Gasteiger partial charge on any atom is -0.228 e. The van der Waals surface area contributed by atoms with Crippen molar-refractivity contribution in [3.63, 3.8) is 0 Å². The first-order chi connectivity index (χ1) is 27.3. The van der Waals surface area contributed by atoms with E-state index in [9.17, 15) is 0 Å². The second-order valence-electron chi connectivity index (χ2n) is 14.4. The molecule has 0 saturated carbocycles. The summed E-state index contributed by atoms with van der Waals surface area (Å²) in [5.41, 5.74) is 11.8. The van der Waals surface area contributed by atoms with E-state index in [0.717, 1.165) is 38.9 Å². The first-order valence-electron chi connectivity index (χ1n) is 18.9. The van der Waals surface area contributed by atoms with Crippen LogP contribution >= 0.6 is 0 Å². The van der Waals surface area contributed by atoms with Gasteiger partial charge in [-0.1, -0.05) is 194 Å². The van der Waals surface area contributed by atoms with Gasteiger partial charge in [-0.05, 0) is 77.8 Å². The lowest BCUT2D eigenvalue weighted by atomic mass is 9.66. The van der Waals surface area contributed by atoms with Crippen molar-refractivity contribution in [1.82, 2.24) is 9.97 Å². The molecule has 0 radical (unpaired) electrons. The van der Waals surface area contributed by atoms with Crippen LogP contribution in [0.25, 0.3) is 77.3 Å². The number of aromatic nitrogens is 2. The Kier molecular flexibility index (Phi) is 7.11. The summed E-state index contributed by atoms with van der Waals surface area (Å²) in [7, 11) is 0. The van der Waals surface area contributed by atoms with Crippen molar-refractivity contribution >= 4 is 32.3 Å². The molecule has 0 spiro atoms. The van der Waals surface area contributed by atoms with Gasteiger partial charge in [-0.3, -0.25) is 0 Å². The summed E-state index contributed by atoms with van der Waals surface area (Å²) < 4.78 is 0. The maximum absolute atomic E-state index is 5.66. The Morgan fingerprint density at radius 2 is 0.927 bits per heavy atom. The minimum atomic E-state index is -0.575. The Hall–Kier alpha value is -7.16. The molecule has 0 fully saturated rings. The van der Waals surface area contributed by atoms with Crippen LogP contribution in [-0.4, -0.2) is 9.97 Å². The lowest BCUT2D eigenvalue weighted by Gasteiger charge is -2.35. The van der Waals surface area contributed by atoms with E-state index in [-0.39, 0.29) is 0 Å². The molecule has 2 heteroatoms. The number of nitrogens with zero attached hydrogens (tertiary/aromatic N) is 2. The van der Waals surface area contributed by atoms with Gasteiger partial charge in [0.1, 0.15) is 0 Å². The highest BCUT2D eigenvalue weighted by atomic mass is 14.9. The average molecular weight is 699 g/mol. The summed E-state index contributed by atoms with van der Waals surface area (Å²) in [4.78, 5) is 11.1. The zero-order valence-corrected chi connectivity index (χ0v) is 30.0. The van der Waals surface area contributed by atoms with Gasteiger partial charge >= 0.3 is 0 Å². The van der Waals surface area contributed by atoms with Gasteiger partial charge in [-0.25, -0.2) is 9.97 Å². The van der Waals surface area contributed by atoms with Crippen LogP contribution in [-0.2, 0) is 5.41 Å². The first-order valence-corrected chi connectivity index (χ1v) is 18.9. The molecule has 10 aromatic rings. The summed E-state index contributed by atoms with van der Waals surface area (Å²) in [5, 5.41) is 7.08. The first kappa shape index (κ1) is 31.4. The highest BCUT2D eigenvalue weighted by Crippen LogP contribution is 2.58. The van der Waals surface area contributed by atoms with Gasteiger partial charge in [-0.2, -0.15) is 0 Å². The summed E-state index contributed by atoms with van der Waals surface area (Å²) >= 11 is 0. The van der Waals surface area contributed by atoms with Gasteiger partial charge in [0.25, 0.3) is 0 Å². The van der Waals surface area contributed by atoms with Crippen molar-refractivity contribution in [1.29, 1.82) is 0 Å². The largest absolute Gasteiger partial charge is 0.228 e. The van der Waals surface area contributed by atoms with Crippen LogP contribution in [0, 0.1) is 0 Å². The zero-order valence-electron chi connectivity index (χ0n) is 30.0. The van der Waals surface area contributed by atoms with E-state index in [4.69, 9.17) is 9.97 Å². The minimum absolute atomic E-state index is 0.575. The molecule has 1 aromatic heterocycles. The van der Waals surface area contributed by atoms with Crippen LogP contribution in [0.15, 0.2) is 206 Å². The average Bonchev–Trinajstić information content (AvgIpc) is 3.57. The molecule has 1 heterocycles. The summed E-state index contributed by atoms with van der Waals surface area (Å²) in [6.07, 6.45) is 0. The topological polar surface area (TPSA) is 25.8 Å². The summed E-state index contributed by atoms with van der Waals surface area (Å²) in [6.45, 7) is 0. The maximum Gasteiger partial charge on any atom is 0.161 e. The quantitative estimate of drug-likeness (QED) is 0.132. The maximum atomic E-state index is 5.66. The lowest BCUT2D eigenvalue weighted by Crippen LogP contribution is -2.29. The molecule has 1 aliphatic rings. The fourth-order valence-corrected chi connectivity index (χ4v) is 9.23. The molecule has 2 nitrogen and oxygen atoms in total. The van der Waals surface area contributed by atoms with Crippen LogP contribution in [0.2, 0.25) is 0 Å². The number of fused-ring (bicyclic) bond motifs is 7. The zero-order chi connectivity index (χ0) is 36.3. The number of benzene rings is 9. The molecular weight excluding hydrogens is 665 g/mol.